The van der Waals surface area contributed by atoms with Gasteiger partial charge < -0.3 is 19.5 Å². The Kier molecular flexibility index (Phi) is 5.31. The molecule has 0 spiro atoms. The molecule has 0 unspecified atom stereocenters. The van der Waals surface area contributed by atoms with Gasteiger partial charge in [0.25, 0.3) is 0 Å². The van der Waals surface area contributed by atoms with Crippen LogP contribution in [0.3, 0.4) is 0 Å². The predicted molar refractivity (Wildman–Crippen MR) is 125 cm³/mol. The molecule has 4 atom stereocenters. The van der Waals surface area contributed by atoms with E-state index in [9.17, 15) is 0 Å². The van der Waals surface area contributed by atoms with Crippen LogP contribution in [0.15, 0.2) is 24.8 Å². The summed E-state index contributed by atoms with van der Waals surface area (Å²) in [5.74, 6) is 6.41. The predicted octanol–water partition coefficient (Wildman–Crippen LogP) is 4.36. The number of aromatic nitrogens is 4. The Hall–Kier alpha value is -2.22. The summed E-state index contributed by atoms with van der Waals surface area (Å²) in [7, 11) is 0. The van der Waals surface area contributed by atoms with Gasteiger partial charge in [-0.25, -0.2) is 15.0 Å². The standard InChI is InChI=1S/C23H24ClN5O3S/c1-23(2)31-18-15(9-7-14-8-10-16(24)33-14)30-22(19(18)32-23)29-12-27-17-20(25-11-26-21(17)29)28-13-5-3-4-6-13/h8,10-13,15,18-19,22H,3-6H2,1-2H3,(H,25,26,28)/t15-,18-,19-,22-/m1/s1. The van der Waals surface area contributed by atoms with Crippen LogP contribution in [0, 0.1) is 11.8 Å². The molecule has 1 aliphatic carbocycles. The fraction of sp³-hybridized carbons (Fsp3) is 0.522. The van der Waals surface area contributed by atoms with E-state index in [2.05, 4.69) is 32.1 Å². The van der Waals surface area contributed by atoms with Crippen LogP contribution in [-0.2, 0) is 14.2 Å². The summed E-state index contributed by atoms with van der Waals surface area (Å²) in [5, 5.41) is 3.54. The summed E-state index contributed by atoms with van der Waals surface area (Å²) in [5.41, 5.74) is 1.42. The van der Waals surface area contributed by atoms with Gasteiger partial charge >= 0.3 is 0 Å². The lowest BCUT2D eigenvalue weighted by atomic mass is 10.1. The van der Waals surface area contributed by atoms with Gasteiger partial charge in [0.05, 0.1) is 15.5 Å². The number of thiophene rings is 1. The highest BCUT2D eigenvalue weighted by molar-refractivity contribution is 7.16. The zero-order valence-corrected chi connectivity index (χ0v) is 19.9. The van der Waals surface area contributed by atoms with Crippen molar-refractivity contribution < 1.29 is 14.2 Å². The highest BCUT2D eigenvalue weighted by Crippen LogP contribution is 2.44. The van der Waals surface area contributed by atoms with Crippen molar-refractivity contribution in [1.82, 2.24) is 19.5 Å². The number of imidazole rings is 1. The van der Waals surface area contributed by atoms with Crippen molar-refractivity contribution in [2.45, 2.75) is 75.9 Å². The van der Waals surface area contributed by atoms with E-state index < -0.39 is 18.1 Å². The van der Waals surface area contributed by atoms with Crippen molar-refractivity contribution in [3.05, 3.63) is 34.0 Å². The first-order valence-electron chi connectivity index (χ1n) is 11.2. The van der Waals surface area contributed by atoms with E-state index in [0.717, 1.165) is 29.1 Å². The van der Waals surface area contributed by atoms with Crippen molar-refractivity contribution in [2.75, 3.05) is 5.32 Å². The summed E-state index contributed by atoms with van der Waals surface area (Å²) in [6.45, 7) is 3.81. The van der Waals surface area contributed by atoms with E-state index in [1.807, 2.05) is 30.5 Å². The van der Waals surface area contributed by atoms with E-state index >= 15 is 0 Å². The molecule has 3 aromatic heterocycles. The summed E-state index contributed by atoms with van der Waals surface area (Å²) < 4.78 is 21.4. The Morgan fingerprint density at radius 3 is 2.76 bits per heavy atom. The van der Waals surface area contributed by atoms with Gasteiger partial charge in [-0.3, -0.25) is 4.57 Å². The van der Waals surface area contributed by atoms with Crippen LogP contribution in [0.4, 0.5) is 5.82 Å². The molecule has 6 rings (SSSR count). The van der Waals surface area contributed by atoms with Gasteiger partial charge in [0.1, 0.15) is 24.6 Å². The van der Waals surface area contributed by atoms with Gasteiger partial charge in [-0.1, -0.05) is 36.3 Å². The third-order valence-electron chi connectivity index (χ3n) is 6.27. The second-order valence-electron chi connectivity index (χ2n) is 9.06. The minimum absolute atomic E-state index is 0.330. The van der Waals surface area contributed by atoms with E-state index in [0.29, 0.717) is 16.0 Å². The first-order chi connectivity index (χ1) is 16.0. The molecule has 2 aliphatic heterocycles. The number of halogens is 1. The maximum Gasteiger partial charge on any atom is 0.167 e. The second kappa shape index (κ2) is 8.22. The smallest absolute Gasteiger partial charge is 0.167 e. The largest absolute Gasteiger partial charge is 0.365 e. The summed E-state index contributed by atoms with van der Waals surface area (Å²) >= 11 is 7.48. The minimum Gasteiger partial charge on any atom is -0.365 e. The number of hydrogen-bond acceptors (Lipinski definition) is 8. The quantitative estimate of drug-likeness (QED) is 0.551. The molecule has 1 N–H and O–H groups in total. The highest BCUT2D eigenvalue weighted by atomic mass is 35.5. The fourth-order valence-corrected chi connectivity index (χ4v) is 5.75. The molecule has 3 aromatic rings. The van der Waals surface area contributed by atoms with Crippen LogP contribution in [0.25, 0.3) is 11.2 Å². The molecule has 5 heterocycles. The Bertz CT molecular complexity index is 1240. The zero-order chi connectivity index (χ0) is 22.6. The molecule has 0 bridgehead atoms. The number of ether oxygens (including phenoxy) is 3. The monoisotopic (exact) mass is 485 g/mol. The van der Waals surface area contributed by atoms with Crippen LogP contribution in [0.5, 0.6) is 0 Å². The molecule has 172 valence electrons. The van der Waals surface area contributed by atoms with Gasteiger partial charge in [0, 0.05) is 6.04 Å². The Balaban J connectivity index is 1.32. The van der Waals surface area contributed by atoms with Crippen molar-refractivity contribution >= 4 is 39.9 Å². The Morgan fingerprint density at radius 1 is 1.15 bits per heavy atom. The van der Waals surface area contributed by atoms with E-state index in [1.54, 1.807) is 12.7 Å². The third kappa shape index (κ3) is 4.00. The molecule has 3 aliphatic rings. The van der Waals surface area contributed by atoms with Crippen LogP contribution < -0.4 is 5.32 Å². The van der Waals surface area contributed by atoms with Gasteiger partial charge in [-0.2, -0.15) is 0 Å². The van der Waals surface area contributed by atoms with Gasteiger partial charge in [0.15, 0.2) is 29.0 Å². The molecule has 0 aromatic carbocycles. The van der Waals surface area contributed by atoms with E-state index in [1.165, 1.54) is 24.2 Å². The average Bonchev–Trinajstić information content (AvgIpc) is 3.57. The molecule has 0 radical (unpaired) electrons. The Labute approximate surface area is 200 Å². The van der Waals surface area contributed by atoms with Gasteiger partial charge in [-0.05, 0) is 38.8 Å². The van der Waals surface area contributed by atoms with Crippen molar-refractivity contribution in [3.8, 4) is 11.8 Å². The van der Waals surface area contributed by atoms with Crippen molar-refractivity contribution in [1.29, 1.82) is 0 Å². The summed E-state index contributed by atoms with van der Waals surface area (Å²) in [4.78, 5) is 14.5. The molecule has 8 nitrogen and oxygen atoms in total. The number of nitrogens with zero attached hydrogens (tertiary/aromatic N) is 4. The van der Waals surface area contributed by atoms with Gasteiger partial charge in [0.2, 0.25) is 0 Å². The Morgan fingerprint density at radius 2 is 1.97 bits per heavy atom. The normalized spacial score (nSPS) is 28.7. The van der Waals surface area contributed by atoms with Crippen LogP contribution in [0.2, 0.25) is 4.34 Å². The molecule has 3 fully saturated rings. The topological polar surface area (TPSA) is 83.3 Å². The average molecular weight is 486 g/mol. The summed E-state index contributed by atoms with van der Waals surface area (Å²) in [6.07, 6.45) is 6.49. The molecular formula is C23H24ClN5O3S. The summed E-state index contributed by atoms with van der Waals surface area (Å²) in [6, 6.07) is 4.17. The highest BCUT2D eigenvalue weighted by Gasteiger charge is 2.56. The minimum atomic E-state index is -0.732. The molecule has 1 saturated carbocycles. The molecule has 2 saturated heterocycles. The van der Waals surface area contributed by atoms with E-state index in [-0.39, 0.29) is 12.2 Å². The van der Waals surface area contributed by atoms with E-state index in [4.69, 9.17) is 25.8 Å². The van der Waals surface area contributed by atoms with Crippen LogP contribution in [0.1, 0.15) is 50.6 Å². The zero-order valence-electron chi connectivity index (χ0n) is 18.3. The van der Waals surface area contributed by atoms with Crippen molar-refractivity contribution in [2.24, 2.45) is 0 Å². The fourth-order valence-electron chi connectivity index (χ4n) is 4.85. The number of nitrogens with one attached hydrogen (secondary N) is 1. The number of hydrogen-bond donors (Lipinski definition) is 1. The first kappa shape index (κ1) is 21.3. The third-order valence-corrected chi connectivity index (χ3v) is 7.42. The molecule has 10 heteroatoms. The first-order valence-corrected chi connectivity index (χ1v) is 12.4. The van der Waals surface area contributed by atoms with Crippen LogP contribution in [-0.4, -0.2) is 49.7 Å². The maximum absolute atomic E-state index is 6.37. The number of anilines is 1. The maximum atomic E-state index is 6.37. The SMILES string of the molecule is CC1(C)O[C@@H]2[C@H](O1)[C@@H](C#Cc1ccc(Cl)s1)O[C@H]2n1cnc2c(NC3CCCC3)ncnc21. The second-order valence-corrected chi connectivity index (χ2v) is 10.8. The lowest BCUT2D eigenvalue weighted by Gasteiger charge is -2.23. The number of rotatable bonds is 3. The molecular weight excluding hydrogens is 462 g/mol. The van der Waals surface area contributed by atoms with Crippen LogP contribution >= 0.6 is 22.9 Å². The number of fused-ring (bicyclic) bond motifs is 2. The molecule has 0 amide bonds. The van der Waals surface area contributed by atoms with Gasteiger partial charge in [-0.15, -0.1) is 11.3 Å². The lowest BCUT2D eigenvalue weighted by Crippen LogP contribution is -2.28. The lowest BCUT2D eigenvalue weighted by molar-refractivity contribution is -0.190. The molecule has 33 heavy (non-hydrogen) atoms. The van der Waals surface area contributed by atoms with Crippen molar-refractivity contribution in [3.63, 3.8) is 0 Å².